The monoisotopic (exact) mass is 326 g/mol. The molecule has 116 valence electrons. The van der Waals surface area contributed by atoms with Crippen LogP contribution in [0, 0.1) is 5.82 Å². The summed E-state index contributed by atoms with van der Waals surface area (Å²) < 4.78 is 21.5. The first-order chi connectivity index (χ1) is 11.3. The molecule has 2 atom stereocenters. The number of halogens is 1. The average Bonchev–Trinajstić information content (AvgIpc) is 3.10. The maximum Gasteiger partial charge on any atom is 0.174 e. The Morgan fingerprint density at radius 1 is 1.17 bits per heavy atom. The standard InChI is InChI=1S/C18H15FN2OS/c1-23-16-5-3-2-4-15(16)18(13-6-8-14(19)9-7-13)17(22-18)21-11-10-20-12-21/h2-12,17H,1H3. The fourth-order valence-electron chi connectivity index (χ4n) is 3.03. The molecule has 0 N–H and O–H groups in total. The summed E-state index contributed by atoms with van der Waals surface area (Å²) >= 11 is 1.68. The molecule has 1 saturated heterocycles. The number of aromatic nitrogens is 2. The van der Waals surface area contributed by atoms with Crippen molar-refractivity contribution in [2.75, 3.05) is 6.26 Å². The Morgan fingerprint density at radius 3 is 2.65 bits per heavy atom. The number of hydrogen-bond acceptors (Lipinski definition) is 3. The third-order valence-electron chi connectivity index (χ3n) is 4.16. The molecule has 4 rings (SSSR count). The van der Waals surface area contributed by atoms with Crippen LogP contribution in [-0.2, 0) is 10.3 Å². The van der Waals surface area contributed by atoms with E-state index in [0.717, 1.165) is 16.0 Å². The smallest absolute Gasteiger partial charge is 0.174 e. The molecule has 0 aliphatic carbocycles. The second-order valence-electron chi connectivity index (χ2n) is 5.42. The highest BCUT2D eigenvalue weighted by molar-refractivity contribution is 7.98. The van der Waals surface area contributed by atoms with E-state index >= 15 is 0 Å². The third kappa shape index (κ3) is 2.28. The number of thioether (sulfide) groups is 1. The van der Waals surface area contributed by atoms with Crippen LogP contribution in [-0.4, -0.2) is 15.8 Å². The minimum absolute atomic E-state index is 0.177. The number of hydrogen-bond donors (Lipinski definition) is 0. The molecule has 0 amide bonds. The molecule has 1 aliphatic heterocycles. The lowest BCUT2D eigenvalue weighted by Crippen LogP contribution is -2.15. The van der Waals surface area contributed by atoms with Crippen LogP contribution in [0.4, 0.5) is 4.39 Å². The first-order valence-electron chi connectivity index (χ1n) is 7.30. The van der Waals surface area contributed by atoms with Gasteiger partial charge in [-0.1, -0.05) is 30.3 Å². The Labute approximate surface area is 138 Å². The van der Waals surface area contributed by atoms with Gasteiger partial charge < -0.3 is 9.30 Å². The average molecular weight is 326 g/mol. The number of nitrogens with zero attached hydrogens (tertiary/aromatic N) is 2. The van der Waals surface area contributed by atoms with Crippen molar-refractivity contribution in [1.82, 2.24) is 9.55 Å². The van der Waals surface area contributed by atoms with Gasteiger partial charge in [-0.2, -0.15) is 0 Å². The van der Waals surface area contributed by atoms with Crippen molar-refractivity contribution in [2.24, 2.45) is 0 Å². The maximum atomic E-state index is 13.4. The normalized spacial score (nSPS) is 23.0. The zero-order valence-corrected chi connectivity index (χ0v) is 13.3. The number of ether oxygens (including phenoxy) is 1. The highest BCUT2D eigenvalue weighted by Crippen LogP contribution is 2.60. The van der Waals surface area contributed by atoms with Gasteiger partial charge >= 0.3 is 0 Å². The van der Waals surface area contributed by atoms with Crippen LogP contribution in [0.25, 0.3) is 0 Å². The van der Waals surface area contributed by atoms with Crippen LogP contribution >= 0.6 is 11.8 Å². The third-order valence-corrected chi connectivity index (χ3v) is 4.96. The fraction of sp³-hybridized carbons (Fsp3) is 0.167. The molecule has 1 aliphatic rings. The maximum absolute atomic E-state index is 13.4. The first kappa shape index (κ1) is 14.5. The van der Waals surface area contributed by atoms with Gasteiger partial charge in [0, 0.05) is 22.9 Å². The molecule has 5 heteroatoms. The van der Waals surface area contributed by atoms with E-state index in [1.54, 1.807) is 36.4 Å². The highest BCUT2D eigenvalue weighted by atomic mass is 32.2. The molecule has 3 nitrogen and oxygen atoms in total. The molecule has 23 heavy (non-hydrogen) atoms. The van der Waals surface area contributed by atoms with Crippen molar-refractivity contribution in [3.63, 3.8) is 0 Å². The van der Waals surface area contributed by atoms with Gasteiger partial charge in [-0.25, -0.2) is 9.37 Å². The molecule has 0 bridgehead atoms. The predicted octanol–water partition coefficient (Wildman–Crippen LogP) is 4.22. The van der Waals surface area contributed by atoms with Gasteiger partial charge in [0.25, 0.3) is 0 Å². The van der Waals surface area contributed by atoms with Crippen molar-refractivity contribution in [3.8, 4) is 0 Å². The Bertz CT molecular complexity index is 819. The molecular formula is C18H15FN2OS. The number of rotatable bonds is 4. The van der Waals surface area contributed by atoms with E-state index in [1.807, 2.05) is 29.2 Å². The summed E-state index contributed by atoms with van der Waals surface area (Å²) in [7, 11) is 0. The van der Waals surface area contributed by atoms with E-state index in [4.69, 9.17) is 4.74 Å². The highest BCUT2D eigenvalue weighted by Gasteiger charge is 2.61. The van der Waals surface area contributed by atoms with Crippen LogP contribution < -0.4 is 0 Å². The van der Waals surface area contributed by atoms with E-state index in [1.165, 1.54) is 12.1 Å². The molecule has 2 unspecified atom stereocenters. The van der Waals surface area contributed by atoms with Crippen molar-refractivity contribution in [3.05, 3.63) is 84.2 Å². The molecule has 2 heterocycles. The summed E-state index contributed by atoms with van der Waals surface area (Å²) in [5.41, 5.74) is 1.44. The van der Waals surface area contributed by atoms with Gasteiger partial charge in [-0.15, -0.1) is 11.8 Å². The zero-order valence-electron chi connectivity index (χ0n) is 12.5. The molecule has 0 radical (unpaired) electrons. The molecule has 0 saturated carbocycles. The molecular weight excluding hydrogens is 311 g/mol. The first-order valence-corrected chi connectivity index (χ1v) is 8.53. The Balaban J connectivity index is 1.87. The Kier molecular flexibility index (Phi) is 3.47. The van der Waals surface area contributed by atoms with Gasteiger partial charge in [-0.3, -0.25) is 0 Å². The Hall–Kier alpha value is -2.11. The van der Waals surface area contributed by atoms with Gasteiger partial charge in [0.15, 0.2) is 11.8 Å². The van der Waals surface area contributed by atoms with E-state index < -0.39 is 5.60 Å². The van der Waals surface area contributed by atoms with E-state index in [9.17, 15) is 4.39 Å². The number of epoxide rings is 1. The zero-order chi connectivity index (χ0) is 15.9. The minimum Gasteiger partial charge on any atom is -0.333 e. The van der Waals surface area contributed by atoms with E-state index in [2.05, 4.69) is 17.1 Å². The summed E-state index contributed by atoms with van der Waals surface area (Å²) in [6, 6.07) is 14.7. The van der Waals surface area contributed by atoms with E-state index in [-0.39, 0.29) is 12.0 Å². The van der Waals surface area contributed by atoms with Gasteiger partial charge in [0.1, 0.15) is 5.82 Å². The van der Waals surface area contributed by atoms with Crippen LogP contribution in [0.2, 0.25) is 0 Å². The Morgan fingerprint density at radius 2 is 1.96 bits per heavy atom. The van der Waals surface area contributed by atoms with Gasteiger partial charge in [-0.05, 0) is 30.0 Å². The lowest BCUT2D eigenvalue weighted by Gasteiger charge is -2.17. The van der Waals surface area contributed by atoms with Crippen molar-refractivity contribution >= 4 is 11.8 Å². The summed E-state index contributed by atoms with van der Waals surface area (Å²) in [5.74, 6) is -0.248. The van der Waals surface area contributed by atoms with Gasteiger partial charge in [0.05, 0.1) is 6.33 Å². The lowest BCUT2D eigenvalue weighted by atomic mass is 9.90. The number of imidazole rings is 1. The van der Waals surface area contributed by atoms with Gasteiger partial charge in [0.2, 0.25) is 0 Å². The molecule has 0 spiro atoms. The molecule has 1 aromatic heterocycles. The quantitative estimate of drug-likeness (QED) is 0.531. The van der Waals surface area contributed by atoms with Crippen molar-refractivity contribution in [2.45, 2.75) is 16.7 Å². The van der Waals surface area contributed by atoms with Crippen molar-refractivity contribution < 1.29 is 9.13 Å². The molecule has 2 aromatic carbocycles. The largest absolute Gasteiger partial charge is 0.333 e. The summed E-state index contributed by atoms with van der Waals surface area (Å²) in [6.45, 7) is 0. The number of benzene rings is 2. The molecule has 1 fully saturated rings. The van der Waals surface area contributed by atoms with Crippen LogP contribution in [0.3, 0.4) is 0 Å². The topological polar surface area (TPSA) is 30.4 Å². The van der Waals surface area contributed by atoms with Crippen LogP contribution in [0.15, 0.2) is 72.1 Å². The van der Waals surface area contributed by atoms with Crippen molar-refractivity contribution in [1.29, 1.82) is 0 Å². The SMILES string of the molecule is CSc1ccccc1C1(c2ccc(F)cc2)OC1n1ccnc1. The molecule has 3 aromatic rings. The van der Waals surface area contributed by atoms with Crippen LogP contribution in [0.5, 0.6) is 0 Å². The summed E-state index contributed by atoms with van der Waals surface area (Å²) in [4.78, 5) is 5.26. The van der Waals surface area contributed by atoms with E-state index in [0.29, 0.717) is 0 Å². The lowest BCUT2D eigenvalue weighted by molar-refractivity contribution is 0.302. The van der Waals surface area contributed by atoms with Crippen LogP contribution in [0.1, 0.15) is 17.4 Å². The fourth-order valence-corrected chi connectivity index (χ4v) is 3.69. The minimum atomic E-state index is -0.603. The summed E-state index contributed by atoms with van der Waals surface area (Å²) in [5, 5.41) is 0. The second-order valence-corrected chi connectivity index (χ2v) is 6.27. The predicted molar refractivity (Wildman–Crippen MR) is 87.8 cm³/mol. The summed E-state index contributed by atoms with van der Waals surface area (Å²) in [6.07, 6.45) is 7.24. The second kappa shape index (κ2) is 5.51.